The van der Waals surface area contributed by atoms with Crippen molar-refractivity contribution >= 4 is 5.91 Å². The SMILES string of the molecule is O=C(NCc1cccnc1)[C@H]1CN2CCC1C[C@@H]2Cn1cc(-c2ccccc2)nn1. The molecule has 3 aliphatic rings. The second-order valence-electron chi connectivity index (χ2n) is 8.31. The first-order valence-corrected chi connectivity index (χ1v) is 10.6. The van der Waals surface area contributed by atoms with E-state index >= 15 is 0 Å². The number of nitrogens with zero attached hydrogens (tertiary/aromatic N) is 5. The number of hydrogen-bond donors (Lipinski definition) is 1. The van der Waals surface area contributed by atoms with Gasteiger partial charge in [-0.25, -0.2) is 0 Å². The smallest absolute Gasteiger partial charge is 0.224 e. The highest BCUT2D eigenvalue weighted by Crippen LogP contribution is 2.37. The van der Waals surface area contributed by atoms with Gasteiger partial charge in [0.05, 0.1) is 18.7 Å². The molecule has 3 saturated heterocycles. The predicted octanol–water partition coefficient (Wildman–Crippen LogP) is 2.37. The Morgan fingerprint density at radius 3 is 2.83 bits per heavy atom. The summed E-state index contributed by atoms with van der Waals surface area (Å²) >= 11 is 0. The summed E-state index contributed by atoms with van der Waals surface area (Å²) < 4.78 is 1.95. The van der Waals surface area contributed by atoms with Crippen LogP contribution in [-0.2, 0) is 17.9 Å². The van der Waals surface area contributed by atoms with Gasteiger partial charge in [0.1, 0.15) is 5.69 Å². The van der Waals surface area contributed by atoms with Gasteiger partial charge in [-0.3, -0.25) is 19.4 Å². The Morgan fingerprint density at radius 2 is 2.07 bits per heavy atom. The molecular weight excluding hydrogens is 376 g/mol. The number of rotatable bonds is 6. The Morgan fingerprint density at radius 1 is 1.17 bits per heavy atom. The molecule has 6 rings (SSSR count). The average molecular weight is 403 g/mol. The molecule has 3 aromatic rings. The van der Waals surface area contributed by atoms with Crippen LogP contribution in [0.3, 0.4) is 0 Å². The van der Waals surface area contributed by atoms with E-state index in [2.05, 4.69) is 37.6 Å². The summed E-state index contributed by atoms with van der Waals surface area (Å²) in [6.45, 7) is 3.25. The van der Waals surface area contributed by atoms with Gasteiger partial charge >= 0.3 is 0 Å². The summed E-state index contributed by atoms with van der Waals surface area (Å²) in [6.07, 6.45) is 7.70. The maximum Gasteiger partial charge on any atom is 0.224 e. The maximum absolute atomic E-state index is 12.8. The van der Waals surface area contributed by atoms with Crippen molar-refractivity contribution in [3.05, 3.63) is 66.6 Å². The summed E-state index contributed by atoms with van der Waals surface area (Å²) in [7, 11) is 0. The molecule has 154 valence electrons. The first-order chi connectivity index (χ1) is 14.8. The topological polar surface area (TPSA) is 75.9 Å². The van der Waals surface area contributed by atoms with Crippen LogP contribution in [0.4, 0.5) is 0 Å². The molecule has 3 fully saturated rings. The molecule has 2 aromatic heterocycles. The zero-order valence-corrected chi connectivity index (χ0v) is 16.9. The lowest BCUT2D eigenvalue weighted by Crippen LogP contribution is -2.58. The third-order valence-corrected chi connectivity index (χ3v) is 6.41. The third-order valence-electron chi connectivity index (χ3n) is 6.41. The first kappa shape index (κ1) is 18.9. The lowest BCUT2D eigenvalue weighted by Gasteiger charge is -2.49. The second-order valence-corrected chi connectivity index (χ2v) is 8.31. The monoisotopic (exact) mass is 402 g/mol. The quantitative estimate of drug-likeness (QED) is 0.685. The molecule has 0 saturated carbocycles. The minimum Gasteiger partial charge on any atom is -0.352 e. The van der Waals surface area contributed by atoms with Gasteiger partial charge in [0.25, 0.3) is 0 Å². The second kappa shape index (κ2) is 8.36. The van der Waals surface area contributed by atoms with Crippen LogP contribution in [0.1, 0.15) is 18.4 Å². The number of carbonyl (C=O) groups excluding carboxylic acids is 1. The number of hydrogen-bond acceptors (Lipinski definition) is 5. The van der Waals surface area contributed by atoms with Crippen LogP contribution >= 0.6 is 0 Å². The fourth-order valence-corrected chi connectivity index (χ4v) is 4.79. The number of benzene rings is 1. The minimum absolute atomic E-state index is 0.0716. The van der Waals surface area contributed by atoms with Crippen LogP contribution in [0.15, 0.2) is 61.1 Å². The van der Waals surface area contributed by atoms with Gasteiger partial charge in [-0.05, 0) is 36.9 Å². The van der Waals surface area contributed by atoms with Crippen LogP contribution in [0, 0.1) is 11.8 Å². The van der Waals surface area contributed by atoms with Crippen LogP contribution in [0.2, 0.25) is 0 Å². The summed E-state index contributed by atoms with van der Waals surface area (Å²) in [5.74, 6) is 0.674. The number of aromatic nitrogens is 4. The zero-order chi connectivity index (χ0) is 20.3. The van der Waals surface area contributed by atoms with Crippen molar-refractivity contribution in [2.24, 2.45) is 11.8 Å². The van der Waals surface area contributed by atoms with E-state index in [9.17, 15) is 4.79 Å². The molecule has 7 heteroatoms. The highest BCUT2D eigenvalue weighted by Gasteiger charge is 2.43. The molecule has 7 nitrogen and oxygen atoms in total. The van der Waals surface area contributed by atoms with Crippen molar-refractivity contribution in [3.8, 4) is 11.3 Å². The fraction of sp³-hybridized carbons (Fsp3) is 0.391. The number of piperidine rings is 3. The van der Waals surface area contributed by atoms with Crippen LogP contribution in [0.25, 0.3) is 11.3 Å². The molecule has 1 amide bonds. The van der Waals surface area contributed by atoms with E-state index in [0.717, 1.165) is 49.3 Å². The van der Waals surface area contributed by atoms with E-state index in [1.54, 1.807) is 12.4 Å². The zero-order valence-electron chi connectivity index (χ0n) is 16.9. The van der Waals surface area contributed by atoms with Gasteiger partial charge in [-0.1, -0.05) is 41.6 Å². The molecule has 30 heavy (non-hydrogen) atoms. The molecule has 1 aromatic carbocycles. The minimum atomic E-state index is 0.0716. The van der Waals surface area contributed by atoms with Gasteiger partial charge in [0.2, 0.25) is 5.91 Å². The summed E-state index contributed by atoms with van der Waals surface area (Å²) in [6, 6.07) is 14.4. The molecule has 2 unspecified atom stereocenters. The van der Waals surface area contributed by atoms with E-state index in [4.69, 9.17) is 0 Å². The molecule has 2 bridgehead atoms. The Kier molecular flexibility index (Phi) is 5.27. The number of pyridine rings is 1. The van der Waals surface area contributed by atoms with Crippen molar-refractivity contribution < 1.29 is 4.79 Å². The highest BCUT2D eigenvalue weighted by atomic mass is 16.1. The Bertz CT molecular complexity index is 989. The van der Waals surface area contributed by atoms with E-state index < -0.39 is 0 Å². The molecular formula is C23H26N6O. The fourth-order valence-electron chi connectivity index (χ4n) is 4.79. The highest BCUT2D eigenvalue weighted by molar-refractivity contribution is 5.79. The van der Waals surface area contributed by atoms with E-state index in [1.165, 1.54) is 0 Å². The van der Waals surface area contributed by atoms with Gasteiger partial charge in [0.15, 0.2) is 0 Å². The Labute approximate surface area is 176 Å². The van der Waals surface area contributed by atoms with Crippen molar-refractivity contribution in [1.29, 1.82) is 0 Å². The Balaban J connectivity index is 1.19. The molecule has 0 aliphatic carbocycles. The third kappa shape index (κ3) is 3.98. The molecule has 5 heterocycles. The Hall–Kier alpha value is -3.06. The molecule has 0 spiro atoms. The molecule has 1 N–H and O–H groups in total. The van der Waals surface area contributed by atoms with Crippen molar-refractivity contribution in [1.82, 2.24) is 30.2 Å². The molecule has 0 radical (unpaired) electrons. The first-order valence-electron chi connectivity index (χ1n) is 10.6. The van der Waals surface area contributed by atoms with E-state index in [1.807, 2.05) is 41.2 Å². The van der Waals surface area contributed by atoms with Gasteiger partial charge in [-0.2, -0.15) is 0 Å². The average Bonchev–Trinajstić information content (AvgIpc) is 3.28. The van der Waals surface area contributed by atoms with E-state index in [-0.39, 0.29) is 11.8 Å². The van der Waals surface area contributed by atoms with Gasteiger partial charge in [0, 0.05) is 37.1 Å². The molecule has 4 atom stereocenters. The van der Waals surface area contributed by atoms with Gasteiger partial charge in [-0.15, -0.1) is 5.10 Å². The lowest BCUT2D eigenvalue weighted by molar-refractivity contribution is -0.133. The summed E-state index contributed by atoms with van der Waals surface area (Å²) in [5.41, 5.74) is 3.02. The van der Waals surface area contributed by atoms with Crippen molar-refractivity contribution in [2.45, 2.75) is 32.0 Å². The number of amides is 1. The van der Waals surface area contributed by atoms with Crippen LogP contribution in [-0.4, -0.2) is 49.9 Å². The number of nitrogens with one attached hydrogen (secondary N) is 1. The largest absolute Gasteiger partial charge is 0.352 e. The van der Waals surface area contributed by atoms with Gasteiger partial charge < -0.3 is 5.32 Å². The van der Waals surface area contributed by atoms with Crippen molar-refractivity contribution in [3.63, 3.8) is 0 Å². The lowest BCUT2D eigenvalue weighted by atomic mass is 9.75. The number of carbonyl (C=O) groups is 1. The standard InChI is InChI=1S/C23H26N6O/c30-23(25-13-17-5-4-9-24-12-17)21-15-28-10-8-19(21)11-20(28)14-29-16-22(26-27-29)18-6-2-1-3-7-18/h1-7,9,12,16,19-21H,8,10-11,13-15H2,(H,25,30)/t19?,20-,21+/m1/s1. The van der Waals surface area contributed by atoms with Crippen LogP contribution < -0.4 is 5.32 Å². The molecule has 3 aliphatic heterocycles. The van der Waals surface area contributed by atoms with Crippen molar-refractivity contribution in [2.75, 3.05) is 13.1 Å². The maximum atomic E-state index is 12.8. The number of fused-ring (bicyclic) bond motifs is 3. The summed E-state index contributed by atoms with van der Waals surface area (Å²) in [4.78, 5) is 19.4. The van der Waals surface area contributed by atoms with Crippen LogP contribution in [0.5, 0.6) is 0 Å². The normalized spacial score (nSPS) is 25.2. The predicted molar refractivity (Wildman–Crippen MR) is 113 cm³/mol. The van der Waals surface area contributed by atoms with E-state index in [0.29, 0.717) is 18.5 Å². The summed E-state index contributed by atoms with van der Waals surface area (Å²) in [5, 5.41) is 11.8.